The van der Waals surface area contributed by atoms with E-state index in [2.05, 4.69) is 0 Å². The zero-order valence-electron chi connectivity index (χ0n) is 10.6. The highest BCUT2D eigenvalue weighted by molar-refractivity contribution is 6.31. The number of anilines is 1. The van der Waals surface area contributed by atoms with Crippen LogP contribution in [0.5, 0.6) is 11.5 Å². The first kappa shape index (κ1) is 12.2. The summed E-state index contributed by atoms with van der Waals surface area (Å²) in [5, 5.41) is 19.6. The molecular formula is C15H11NO4. The maximum Gasteiger partial charge on any atom is 0.198 e. The summed E-state index contributed by atoms with van der Waals surface area (Å²) in [5.41, 5.74) is 6.29. The van der Waals surface area contributed by atoms with Crippen LogP contribution in [0.4, 0.5) is 5.69 Å². The van der Waals surface area contributed by atoms with E-state index in [1.165, 1.54) is 24.3 Å². The molecule has 1 aliphatic rings. The van der Waals surface area contributed by atoms with Crippen LogP contribution in [0.2, 0.25) is 0 Å². The SMILES string of the molecule is Cc1cc(O)c(N)c2c1C(=O)c1c(O)cccc1C2=O. The molecule has 0 aliphatic heterocycles. The van der Waals surface area contributed by atoms with E-state index in [0.29, 0.717) is 5.56 Å². The van der Waals surface area contributed by atoms with Crippen molar-refractivity contribution >= 4 is 17.3 Å². The largest absolute Gasteiger partial charge is 0.507 e. The maximum absolute atomic E-state index is 12.5. The normalized spacial score (nSPS) is 13.1. The molecule has 4 N–H and O–H groups in total. The van der Waals surface area contributed by atoms with Crippen molar-refractivity contribution in [1.29, 1.82) is 0 Å². The monoisotopic (exact) mass is 269 g/mol. The molecule has 0 atom stereocenters. The van der Waals surface area contributed by atoms with Crippen molar-refractivity contribution in [1.82, 2.24) is 0 Å². The zero-order chi connectivity index (χ0) is 14.6. The van der Waals surface area contributed by atoms with Gasteiger partial charge in [0, 0.05) is 11.1 Å². The van der Waals surface area contributed by atoms with Gasteiger partial charge in [-0.1, -0.05) is 12.1 Å². The van der Waals surface area contributed by atoms with Crippen LogP contribution in [0.15, 0.2) is 24.3 Å². The molecule has 0 fully saturated rings. The van der Waals surface area contributed by atoms with Gasteiger partial charge in [0.05, 0.1) is 16.8 Å². The van der Waals surface area contributed by atoms with Gasteiger partial charge in [0.25, 0.3) is 0 Å². The Morgan fingerprint density at radius 3 is 2.35 bits per heavy atom. The molecule has 0 unspecified atom stereocenters. The summed E-state index contributed by atoms with van der Waals surface area (Å²) in [5.74, 6) is -1.40. The molecule has 20 heavy (non-hydrogen) atoms. The zero-order valence-corrected chi connectivity index (χ0v) is 10.6. The number of fused-ring (bicyclic) bond motifs is 2. The number of hydrogen-bond acceptors (Lipinski definition) is 5. The number of benzene rings is 2. The lowest BCUT2D eigenvalue weighted by Crippen LogP contribution is -2.23. The summed E-state index contributed by atoms with van der Waals surface area (Å²) in [6.07, 6.45) is 0. The van der Waals surface area contributed by atoms with Crippen LogP contribution >= 0.6 is 0 Å². The lowest BCUT2D eigenvalue weighted by Gasteiger charge is -2.21. The minimum atomic E-state index is -0.470. The van der Waals surface area contributed by atoms with Crippen molar-refractivity contribution in [2.75, 3.05) is 5.73 Å². The number of aryl methyl sites for hydroxylation is 1. The summed E-state index contributed by atoms with van der Waals surface area (Å²) in [6.45, 7) is 1.61. The number of hydrogen-bond donors (Lipinski definition) is 3. The van der Waals surface area contributed by atoms with Crippen molar-refractivity contribution in [2.24, 2.45) is 0 Å². The summed E-state index contributed by atoms with van der Waals surface area (Å²) in [7, 11) is 0. The van der Waals surface area contributed by atoms with Crippen LogP contribution in [0.25, 0.3) is 0 Å². The third kappa shape index (κ3) is 1.37. The van der Waals surface area contributed by atoms with Gasteiger partial charge in [-0.15, -0.1) is 0 Å². The van der Waals surface area contributed by atoms with Crippen LogP contribution in [0, 0.1) is 6.92 Å². The van der Waals surface area contributed by atoms with Gasteiger partial charge in [-0.2, -0.15) is 0 Å². The molecule has 2 aromatic carbocycles. The van der Waals surface area contributed by atoms with E-state index in [9.17, 15) is 19.8 Å². The number of carbonyl (C=O) groups is 2. The molecule has 0 heterocycles. The highest BCUT2D eigenvalue weighted by atomic mass is 16.3. The van der Waals surface area contributed by atoms with E-state index in [1.54, 1.807) is 6.92 Å². The number of nitrogens with two attached hydrogens (primary N) is 1. The second-order valence-corrected chi connectivity index (χ2v) is 4.73. The van der Waals surface area contributed by atoms with E-state index in [1.807, 2.05) is 0 Å². The van der Waals surface area contributed by atoms with Gasteiger partial charge in [-0.05, 0) is 24.6 Å². The van der Waals surface area contributed by atoms with Crippen molar-refractivity contribution < 1.29 is 19.8 Å². The minimum absolute atomic E-state index is 0.00519. The van der Waals surface area contributed by atoms with Crippen molar-refractivity contribution in [3.05, 3.63) is 52.1 Å². The molecule has 1 aliphatic carbocycles. The van der Waals surface area contributed by atoms with Crippen molar-refractivity contribution in [2.45, 2.75) is 6.92 Å². The number of phenols is 2. The molecule has 0 bridgehead atoms. The van der Waals surface area contributed by atoms with Gasteiger partial charge >= 0.3 is 0 Å². The molecule has 0 radical (unpaired) electrons. The van der Waals surface area contributed by atoms with Crippen LogP contribution in [0.3, 0.4) is 0 Å². The van der Waals surface area contributed by atoms with E-state index < -0.39 is 11.6 Å². The Hall–Kier alpha value is -2.82. The van der Waals surface area contributed by atoms with Gasteiger partial charge in [-0.3, -0.25) is 9.59 Å². The fourth-order valence-electron chi connectivity index (χ4n) is 2.57. The van der Waals surface area contributed by atoms with Crippen LogP contribution in [-0.4, -0.2) is 21.8 Å². The quantitative estimate of drug-likeness (QED) is 0.426. The van der Waals surface area contributed by atoms with Crippen molar-refractivity contribution in [3.63, 3.8) is 0 Å². The summed E-state index contributed by atoms with van der Waals surface area (Å²) in [6, 6.07) is 5.63. The predicted molar refractivity (Wildman–Crippen MR) is 72.2 cm³/mol. The first-order valence-corrected chi connectivity index (χ1v) is 5.97. The second-order valence-electron chi connectivity index (χ2n) is 4.73. The molecule has 0 amide bonds. The molecule has 5 heteroatoms. The number of rotatable bonds is 0. The Morgan fingerprint density at radius 1 is 0.950 bits per heavy atom. The molecule has 0 spiro atoms. The molecule has 0 aromatic heterocycles. The topological polar surface area (TPSA) is 101 Å². The number of phenolic OH excluding ortho intramolecular Hbond substituents is 2. The summed E-state index contributed by atoms with van der Waals surface area (Å²) < 4.78 is 0. The average molecular weight is 269 g/mol. The first-order chi connectivity index (χ1) is 9.43. The second kappa shape index (κ2) is 3.84. The van der Waals surface area contributed by atoms with E-state index in [-0.39, 0.29) is 39.4 Å². The number of carbonyl (C=O) groups excluding carboxylic acids is 2. The Kier molecular flexibility index (Phi) is 2.34. The van der Waals surface area contributed by atoms with Gasteiger partial charge < -0.3 is 15.9 Å². The Labute approximate surface area is 114 Å². The highest BCUT2D eigenvalue weighted by Crippen LogP contribution is 2.39. The van der Waals surface area contributed by atoms with Crippen LogP contribution < -0.4 is 5.73 Å². The predicted octanol–water partition coefficient (Wildman–Crippen LogP) is 1.76. The standard InChI is InChI=1S/C15H11NO4/c1-6-5-9(18)13(16)12-10(6)15(20)11-7(14(12)19)3-2-4-8(11)17/h2-5,17-18H,16H2,1H3. The lowest BCUT2D eigenvalue weighted by molar-refractivity contribution is 0.0976. The third-order valence-corrected chi connectivity index (χ3v) is 3.51. The van der Waals surface area contributed by atoms with Crippen LogP contribution in [0.1, 0.15) is 37.4 Å². The van der Waals surface area contributed by atoms with Crippen molar-refractivity contribution in [3.8, 4) is 11.5 Å². The first-order valence-electron chi connectivity index (χ1n) is 5.97. The highest BCUT2D eigenvalue weighted by Gasteiger charge is 2.35. The number of ketones is 2. The lowest BCUT2D eigenvalue weighted by atomic mass is 9.80. The third-order valence-electron chi connectivity index (χ3n) is 3.51. The smallest absolute Gasteiger partial charge is 0.198 e. The van der Waals surface area contributed by atoms with Crippen LogP contribution in [-0.2, 0) is 0 Å². The molecule has 0 saturated carbocycles. The summed E-state index contributed by atoms with van der Waals surface area (Å²) in [4.78, 5) is 25.0. The average Bonchev–Trinajstić information content (AvgIpc) is 2.40. The molecular weight excluding hydrogens is 258 g/mol. The van der Waals surface area contributed by atoms with Gasteiger partial charge in [0.1, 0.15) is 11.5 Å². The van der Waals surface area contributed by atoms with E-state index >= 15 is 0 Å². The fraction of sp³-hybridized carbons (Fsp3) is 0.0667. The molecule has 3 rings (SSSR count). The van der Waals surface area contributed by atoms with Gasteiger partial charge in [0.15, 0.2) is 11.6 Å². The Balaban J connectivity index is 2.44. The van der Waals surface area contributed by atoms with Gasteiger partial charge in [-0.25, -0.2) is 0 Å². The molecule has 100 valence electrons. The minimum Gasteiger partial charge on any atom is -0.507 e. The maximum atomic E-state index is 12.5. The molecule has 0 saturated heterocycles. The van der Waals surface area contributed by atoms with E-state index in [4.69, 9.17) is 5.73 Å². The number of aromatic hydroxyl groups is 2. The molecule has 2 aromatic rings. The Morgan fingerprint density at radius 2 is 1.65 bits per heavy atom. The Bertz CT molecular complexity index is 793. The molecule has 5 nitrogen and oxygen atoms in total. The fourth-order valence-corrected chi connectivity index (χ4v) is 2.57. The van der Waals surface area contributed by atoms with E-state index in [0.717, 1.165) is 0 Å². The summed E-state index contributed by atoms with van der Waals surface area (Å²) >= 11 is 0. The van der Waals surface area contributed by atoms with Gasteiger partial charge in [0.2, 0.25) is 0 Å². The number of nitrogen functional groups attached to an aromatic ring is 1.